The third-order valence-corrected chi connectivity index (χ3v) is 6.11. The lowest BCUT2D eigenvalue weighted by atomic mass is 10.1. The molecule has 0 N–H and O–H groups in total. The number of hydrogen-bond donors (Lipinski definition) is 0. The standard InChI is InChI=1S/C21H17N5O5S/c1-2-7-24-19(27)16-5-3-4-6-17(16)25-20(24)22-23-21(25)32-11-14-9-15(26(28)29)8-13-10-30-12-31-18(13)14/h2-6,8-9H,1,7,10-12H2. The van der Waals surface area contributed by atoms with Crippen molar-refractivity contribution in [3.63, 3.8) is 0 Å². The molecule has 0 saturated heterocycles. The molecule has 0 unspecified atom stereocenters. The fraction of sp³-hybridized carbons (Fsp3) is 0.190. The van der Waals surface area contributed by atoms with Crippen LogP contribution in [0.5, 0.6) is 5.75 Å². The number of aromatic nitrogens is 4. The van der Waals surface area contributed by atoms with E-state index in [4.69, 9.17) is 9.47 Å². The summed E-state index contributed by atoms with van der Waals surface area (Å²) in [5.74, 6) is 1.36. The highest BCUT2D eigenvalue weighted by molar-refractivity contribution is 7.98. The molecule has 0 bridgehead atoms. The Kier molecular flexibility index (Phi) is 5.11. The molecular weight excluding hydrogens is 434 g/mol. The molecule has 10 nitrogen and oxygen atoms in total. The Hall–Kier alpha value is -3.70. The number of nitrogens with zero attached hydrogens (tertiary/aromatic N) is 5. The summed E-state index contributed by atoms with van der Waals surface area (Å²) in [5.41, 5.74) is 1.80. The third kappa shape index (κ3) is 3.31. The van der Waals surface area contributed by atoms with Crippen molar-refractivity contribution < 1.29 is 14.4 Å². The van der Waals surface area contributed by atoms with Gasteiger partial charge in [-0.3, -0.25) is 23.9 Å². The van der Waals surface area contributed by atoms with E-state index in [-0.39, 0.29) is 24.6 Å². The molecule has 2 aromatic heterocycles. The van der Waals surface area contributed by atoms with E-state index in [1.807, 2.05) is 16.5 Å². The molecule has 1 aliphatic rings. The van der Waals surface area contributed by atoms with Gasteiger partial charge in [0.2, 0.25) is 5.78 Å². The smallest absolute Gasteiger partial charge is 0.270 e. The predicted molar refractivity (Wildman–Crippen MR) is 118 cm³/mol. The van der Waals surface area contributed by atoms with Crippen molar-refractivity contribution in [1.29, 1.82) is 0 Å². The predicted octanol–water partition coefficient (Wildman–Crippen LogP) is 3.30. The van der Waals surface area contributed by atoms with E-state index in [0.717, 1.165) is 0 Å². The van der Waals surface area contributed by atoms with Crippen molar-refractivity contribution in [3.8, 4) is 5.75 Å². The van der Waals surface area contributed by atoms with Crippen molar-refractivity contribution in [1.82, 2.24) is 19.2 Å². The van der Waals surface area contributed by atoms with Crippen molar-refractivity contribution in [2.24, 2.45) is 0 Å². The first kappa shape index (κ1) is 20.2. The van der Waals surface area contributed by atoms with E-state index in [0.29, 0.717) is 51.0 Å². The van der Waals surface area contributed by atoms with Crippen molar-refractivity contribution in [2.45, 2.75) is 24.1 Å². The first-order valence-electron chi connectivity index (χ1n) is 9.69. The van der Waals surface area contributed by atoms with Gasteiger partial charge in [0.05, 0.1) is 22.4 Å². The van der Waals surface area contributed by atoms with Crippen LogP contribution in [-0.4, -0.2) is 30.9 Å². The maximum absolute atomic E-state index is 12.9. The molecule has 32 heavy (non-hydrogen) atoms. The Bertz CT molecular complexity index is 1440. The maximum atomic E-state index is 12.9. The van der Waals surface area contributed by atoms with Crippen LogP contribution in [0.15, 0.2) is 59.0 Å². The Labute approximate surface area is 185 Å². The minimum atomic E-state index is -0.434. The zero-order valence-electron chi connectivity index (χ0n) is 16.8. The number of allylic oxidation sites excluding steroid dienone is 1. The molecule has 2 aromatic carbocycles. The third-order valence-electron chi connectivity index (χ3n) is 5.13. The molecule has 0 aliphatic carbocycles. The van der Waals surface area contributed by atoms with Crippen LogP contribution in [0.2, 0.25) is 0 Å². The van der Waals surface area contributed by atoms with Gasteiger partial charge in [0, 0.05) is 35.6 Å². The number of rotatable bonds is 6. The number of benzene rings is 2. The van der Waals surface area contributed by atoms with Gasteiger partial charge in [0.1, 0.15) is 5.75 Å². The van der Waals surface area contributed by atoms with Gasteiger partial charge < -0.3 is 9.47 Å². The second-order valence-electron chi connectivity index (χ2n) is 7.09. The number of fused-ring (bicyclic) bond motifs is 4. The molecule has 5 rings (SSSR count). The molecule has 11 heteroatoms. The minimum absolute atomic E-state index is 0.0233. The van der Waals surface area contributed by atoms with Gasteiger partial charge in [-0.05, 0) is 12.1 Å². The van der Waals surface area contributed by atoms with Crippen LogP contribution < -0.4 is 10.3 Å². The first-order chi connectivity index (χ1) is 15.6. The summed E-state index contributed by atoms with van der Waals surface area (Å²) in [5, 5.41) is 21.0. The van der Waals surface area contributed by atoms with Gasteiger partial charge in [-0.15, -0.1) is 16.8 Å². The molecule has 3 heterocycles. The molecule has 0 amide bonds. The average Bonchev–Trinajstić information content (AvgIpc) is 3.24. The van der Waals surface area contributed by atoms with E-state index in [9.17, 15) is 14.9 Å². The van der Waals surface area contributed by atoms with E-state index in [2.05, 4.69) is 16.8 Å². The maximum Gasteiger partial charge on any atom is 0.270 e. The van der Waals surface area contributed by atoms with Gasteiger partial charge in [0.25, 0.3) is 11.2 Å². The van der Waals surface area contributed by atoms with E-state index in [1.54, 1.807) is 18.2 Å². The number of non-ortho nitro benzene ring substituents is 1. The summed E-state index contributed by atoms with van der Waals surface area (Å²) in [6.07, 6.45) is 1.63. The normalized spacial score (nSPS) is 13.1. The number of hydrogen-bond acceptors (Lipinski definition) is 8. The zero-order chi connectivity index (χ0) is 22.2. The summed E-state index contributed by atoms with van der Waals surface area (Å²) in [4.78, 5) is 23.9. The van der Waals surface area contributed by atoms with Crippen LogP contribution in [0.4, 0.5) is 5.69 Å². The Balaban J connectivity index is 1.61. The number of nitro benzene ring substituents is 1. The second-order valence-corrected chi connectivity index (χ2v) is 8.03. The lowest BCUT2D eigenvalue weighted by Crippen LogP contribution is -2.22. The Morgan fingerprint density at radius 1 is 1.28 bits per heavy atom. The number of thioether (sulfide) groups is 1. The van der Waals surface area contributed by atoms with Crippen molar-refractivity contribution in [2.75, 3.05) is 6.79 Å². The highest BCUT2D eigenvalue weighted by Crippen LogP contribution is 2.36. The summed E-state index contributed by atoms with van der Waals surface area (Å²) < 4.78 is 14.2. The molecule has 1 aliphatic heterocycles. The molecule has 4 aromatic rings. The number of nitro groups is 1. The summed E-state index contributed by atoms with van der Waals surface area (Å²) in [6, 6.07) is 10.2. The monoisotopic (exact) mass is 451 g/mol. The van der Waals surface area contributed by atoms with Crippen LogP contribution >= 0.6 is 11.8 Å². The molecule has 0 fully saturated rings. The fourth-order valence-electron chi connectivity index (χ4n) is 3.76. The molecule has 0 atom stereocenters. The Morgan fingerprint density at radius 2 is 2.12 bits per heavy atom. The van der Waals surface area contributed by atoms with Crippen LogP contribution in [-0.2, 0) is 23.6 Å². The molecule has 0 saturated carbocycles. The minimum Gasteiger partial charge on any atom is -0.467 e. The first-order valence-corrected chi connectivity index (χ1v) is 10.7. The lowest BCUT2D eigenvalue weighted by molar-refractivity contribution is -0.385. The van der Waals surface area contributed by atoms with Crippen LogP contribution in [0.1, 0.15) is 11.1 Å². The van der Waals surface area contributed by atoms with Gasteiger partial charge in [-0.2, -0.15) is 0 Å². The zero-order valence-corrected chi connectivity index (χ0v) is 17.6. The Morgan fingerprint density at radius 3 is 2.94 bits per heavy atom. The summed E-state index contributed by atoms with van der Waals surface area (Å²) >= 11 is 1.36. The quantitative estimate of drug-likeness (QED) is 0.190. The van der Waals surface area contributed by atoms with Gasteiger partial charge in [0.15, 0.2) is 11.9 Å². The highest BCUT2D eigenvalue weighted by Gasteiger charge is 2.22. The summed E-state index contributed by atoms with van der Waals surface area (Å²) in [7, 11) is 0. The molecule has 162 valence electrons. The van der Waals surface area contributed by atoms with Crippen LogP contribution in [0, 0.1) is 10.1 Å². The van der Waals surface area contributed by atoms with Crippen molar-refractivity contribution in [3.05, 3.63) is 80.6 Å². The topological polar surface area (TPSA) is 114 Å². The SMILES string of the molecule is C=CCn1c(=O)c2ccccc2n2c(SCc3cc([N+](=O)[O-])cc4c3OCOC4)nnc12. The van der Waals surface area contributed by atoms with Gasteiger partial charge >= 0.3 is 0 Å². The van der Waals surface area contributed by atoms with E-state index in [1.165, 1.54) is 28.5 Å². The van der Waals surface area contributed by atoms with Crippen LogP contribution in [0.25, 0.3) is 16.7 Å². The number of para-hydroxylation sites is 1. The van der Waals surface area contributed by atoms with E-state index < -0.39 is 4.92 Å². The van der Waals surface area contributed by atoms with Gasteiger partial charge in [-0.1, -0.05) is 30.0 Å². The van der Waals surface area contributed by atoms with Crippen LogP contribution in [0.3, 0.4) is 0 Å². The molecule has 0 spiro atoms. The molecular formula is C21H17N5O5S. The highest BCUT2D eigenvalue weighted by atomic mass is 32.2. The fourth-order valence-corrected chi connectivity index (χ4v) is 4.66. The van der Waals surface area contributed by atoms with Crippen molar-refractivity contribution >= 4 is 34.1 Å². The largest absolute Gasteiger partial charge is 0.467 e. The number of ether oxygens (including phenoxy) is 2. The lowest BCUT2D eigenvalue weighted by Gasteiger charge is -2.20. The summed E-state index contributed by atoms with van der Waals surface area (Å²) in [6.45, 7) is 4.37. The average molecular weight is 451 g/mol. The van der Waals surface area contributed by atoms with Gasteiger partial charge in [-0.25, -0.2) is 0 Å². The van der Waals surface area contributed by atoms with E-state index >= 15 is 0 Å². The second kappa shape index (κ2) is 8.09. The molecule has 0 radical (unpaired) electrons.